The Morgan fingerprint density at radius 1 is 1.17 bits per heavy atom. The van der Waals surface area contributed by atoms with Gasteiger partial charge < -0.3 is 14.6 Å². The molecule has 1 aromatic carbocycles. The quantitative estimate of drug-likeness (QED) is 0.741. The lowest BCUT2D eigenvalue weighted by atomic mass is 9.86. The largest absolute Gasteiger partial charge is 0.497 e. The van der Waals surface area contributed by atoms with Crippen LogP contribution in [-0.2, 0) is 16.1 Å². The molecule has 4 nitrogen and oxygen atoms in total. The maximum Gasteiger partial charge on any atom is 0.140 e. The third-order valence-corrected chi connectivity index (χ3v) is 4.13. The van der Waals surface area contributed by atoms with Crippen molar-refractivity contribution in [2.24, 2.45) is 11.3 Å². The Kier molecular flexibility index (Phi) is 7.91. The van der Waals surface area contributed by atoms with E-state index in [1.165, 1.54) is 0 Å². The monoisotopic (exact) mass is 336 g/mol. The molecule has 0 radical (unpaired) electrons. The van der Waals surface area contributed by atoms with E-state index in [0.29, 0.717) is 13.0 Å². The topological polar surface area (TPSA) is 55.8 Å². The van der Waals surface area contributed by atoms with Gasteiger partial charge in [0.25, 0.3) is 0 Å². The zero-order chi connectivity index (χ0) is 18.3. The summed E-state index contributed by atoms with van der Waals surface area (Å²) < 4.78 is 11.1. The summed E-state index contributed by atoms with van der Waals surface area (Å²) in [6, 6.07) is 7.74. The van der Waals surface area contributed by atoms with Crippen molar-refractivity contribution in [2.45, 2.75) is 66.3 Å². The lowest BCUT2D eigenvalue weighted by Crippen LogP contribution is -2.30. The maximum absolute atomic E-state index is 12.1. The predicted octanol–water partition coefficient (Wildman–Crippen LogP) is 3.99. The SMILES string of the molecule is COc1ccc(CO[C@@H](C[C@@H](O)CC(=O)C(C)(C)C)C(C)C)cc1. The number of aliphatic hydroxyl groups is 1. The summed E-state index contributed by atoms with van der Waals surface area (Å²) in [7, 11) is 1.64. The molecule has 1 aromatic rings. The number of rotatable bonds is 9. The van der Waals surface area contributed by atoms with Gasteiger partial charge >= 0.3 is 0 Å². The number of benzene rings is 1. The molecule has 0 saturated heterocycles. The van der Waals surface area contributed by atoms with Crippen molar-refractivity contribution in [2.75, 3.05) is 7.11 Å². The smallest absolute Gasteiger partial charge is 0.140 e. The lowest BCUT2D eigenvalue weighted by molar-refractivity contribution is -0.129. The van der Waals surface area contributed by atoms with Gasteiger partial charge in [0, 0.05) is 18.3 Å². The molecule has 1 rings (SSSR count). The van der Waals surface area contributed by atoms with Gasteiger partial charge in [-0.1, -0.05) is 46.8 Å². The first-order valence-electron chi connectivity index (χ1n) is 8.59. The van der Waals surface area contributed by atoms with Gasteiger partial charge in [0.2, 0.25) is 0 Å². The molecule has 136 valence electrons. The molecule has 0 aromatic heterocycles. The van der Waals surface area contributed by atoms with E-state index in [1.807, 2.05) is 45.0 Å². The minimum Gasteiger partial charge on any atom is -0.497 e. The van der Waals surface area contributed by atoms with Crippen molar-refractivity contribution in [1.29, 1.82) is 0 Å². The number of aliphatic hydroxyl groups excluding tert-OH is 1. The Balaban J connectivity index is 2.55. The number of carbonyl (C=O) groups is 1. The molecule has 0 bridgehead atoms. The Morgan fingerprint density at radius 2 is 1.75 bits per heavy atom. The molecule has 1 N–H and O–H groups in total. The zero-order valence-electron chi connectivity index (χ0n) is 15.8. The minimum atomic E-state index is -0.667. The summed E-state index contributed by atoms with van der Waals surface area (Å²) in [6.45, 7) is 10.2. The Labute approximate surface area is 146 Å². The molecule has 0 spiro atoms. The first kappa shape index (κ1) is 20.7. The normalized spacial score (nSPS) is 14.5. The number of ether oxygens (including phenoxy) is 2. The molecule has 0 amide bonds. The summed E-state index contributed by atoms with van der Waals surface area (Å²) in [5.41, 5.74) is 0.639. The van der Waals surface area contributed by atoms with Crippen molar-refractivity contribution in [3.05, 3.63) is 29.8 Å². The Hall–Kier alpha value is -1.39. The number of Topliss-reactive ketones (excluding diaryl/α,β-unsaturated/α-hetero) is 1. The van der Waals surface area contributed by atoms with E-state index < -0.39 is 11.5 Å². The van der Waals surface area contributed by atoms with E-state index in [-0.39, 0.29) is 24.2 Å². The molecular weight excluding hydrogens is 304 g/mol. The van der Waals surface area contributed by atoms with Crippen molar-refractivity contribution in [3.8, 4) is 5.75 Å². The molecule has 0 aliphatic carbocycles. The van der Waals surface area contributed by atoms with E-state index in [4.69, 9.17) is 9.47 Å². The summed E-state index contributed by atoms with van der Waals surface area (Å²) in [5.74, 6) is 1.16. The molecule has 0 unspecified atom stereocenters. The molecule has 24 heavy (non-hydrogen) atoms. The van der Waals surface area contributed by atoms with Gasteiger partial charge in [-0.2, -0.15) is 0 Å². The van der Waals surface area contributed by atoms with Crippen LogP contribution in [0.4, 0.5) is 0 Å². The molecule has 0 saturated carbocycles. The lowest BCUT2D eigenvalue weighted by Gasteiger charge is -2.25. The van der Waals surface area contributed by atoms with Crippen molar-refractivity contribution in [3.63, 3.8) is 0 Å². The van der Waals surface area contributed by atoms with Crippen LogP contribution in [-0.4, -0.2) is 30.2 Å². The molecule has 0 fully saturated rings. The van der Waals surface area contributed by atoms with E-state index in [9.17, 15) is 9.90 Å². The van der Waals surface area contributed by atoms with Gasteiger partial charge in [-0.3, -0.25) is 4.79 Å². The molecule has 0 aliphatic heterocycles. The predicted molar refractivity (Wildman–Crippen MR) is 96.1 cm³/mol. The third kappa shape index (κ3) is 7.02. The number of ketones is 1. The number of hydrogen-bond donors (Lipinski definition) is 1. The van der Waals surface area contributed by atoms with E-state index in [0.717, 1.165) is 11.3 Å². The fourth-order valence-electron chi connectivity index (χ4n) is 2.33. The third-order valence-electron chi connectivity index (χ3n) is 4.13. The number of carbonyl (C=O) groups excluding carboxylic acids is 1. The second-order valence-corrected chi connectivity index (χ2v) is 7.71. The van der Waals surface area contributed by atoms with Gasteiger partial charge in [-0.25, -0.2) is 0 Å². The van der Waals surface area contributed by atoms with Gasteiger partial charge in [-0.15, -0.1) is 0 Å². The second kappa shape index (κ2) is 9.19. The van der Waals surface area contributed by atoms with Crippen molar-refractivity contribution < 1.29 is 19.4 Å². The highest BCUT2D eigenvalue weighted by atomic mass is 16.5. The molecule has 2 atom stereocenters. The van der Waals surface area contributed by atoms with Crippen LogP contribution in [0.1, 0.15) is 53.0 Å². The maximum atomic E-state index is 12.1. The van der Waals surface area contributed by atoms with Crippen LogP contribution in [0.15, 0.2) is 24.3 Å². The van der Waals surface area contributed by atoms with E-state index in [1.54, 1.807) is 7.11 Å². The fraction of sp³-hybridized carbons (Fsp3) is 0.650. The highest BCUT2D eigenvalue weighted by molar-refractivity contribution is 5.84. The van der Waals surface area contributed by atoms with E-state index in [2.05, 4.69) is 13.8 Å². The summed E-state index contributed by atoms with van der Waals surface area (Å²) in [4.78, 5) is 12.1. The highest BCUT2D eigenvalue weighted by Gasteiger charge is 2.26. The minimum absolute atomic E-state index is 0.0765. The Morgan fingerprint density at radius 3 is 2.21 bits per heavy atom. The first-order chi connectivity index (χ1) is 11.1. The van der Waals surface area contributed by atoms with Crippen LogP contribution in [0.5, 0.6) is 5.75 Å². The number of methoxy groups -OCH3 is 1. The van der Waals surface area contributed by atoms with Crippen molar-refractivity contribution >= 4 is 5.78 Å². The van der Waals surface area contributed by atoms with Crippen LogP contribution in [0, 0.1) is 11.3 Å². The van der Waals surface area contributed by atoms with Crippen LogP contribution in [0.25, 0.3) is 0 Å². The summed E-state index contributed by atoms with van der Waals surface area (Å²) in [5, 5.41) is 10.3. The van der Waals surface area contributed by atoms with Crippen LogP contribution < -0.4 is 4.74 Å². The van der Waals surface area contributed by atoms with Gasteiger partial charge in [-0.05, 0) is 23.6 Å². The zero-order valence-corrected chi connectivity index (χ0v) is 15.8. The Bertz CT molecular complexity index is 499. The molecule has 4 heteroatoms. The van der Waals surface area contributed by atoms with Crippen LogP contribution >= 0.6 is 0 Å². The molecular formula is C20H32O4. The highest BCUT2D eigenvalue weighted by Crippen LogP contribution is 2.22. The number of hydrogen-bond acceptors (Lipinski definition) is 4. The van der Waals surface area contributed by atoms with Crippen LogP contribution in [0.2, 0.25) is 0 Å². The first-order valence-corrected chi connectivity index (χ1v) is 8.59. The molecule has 0 aliphatic rings. The second-order valence-electron chi connectivity index (χ2n) is 7.71. The van der Waals surface area contributed by atoms with Gasteiger partial charge in [0.15, 0.2) is 0 Å². The molecule has 0 heterocycles. The summed E-state index contributed by atoms with van der Waals surface area (Å²) >= 11 is 0. The van der Waals surface area contributed by atoms with Gasteiger partial charge in [0.1, 0.15) is 11.5 Å². The van der Waals surface area contributed by atoms with Gasteiger partial charge in [0.05, 0.1) is 25.9 Å². The fourth-order valence-corrected chi connectivity index (χ4v) is 2.33. The average molecular weight is 336 g/mol. The summed E-state index contributed by atoms with van der Waals surface area (Å²) in [6.07, 6.45) is -0.108. The standard InChI is InChI=1S/C20H32O4/c1-14(2)18(11-16(21)12-19(22)20(3,4)5)24-13-15-7-9-17(23-6)10-8-15/h7-10,14,16,18,21H,11-13H2,1-6H3/t16-,18+/m1/s1. The average Bonchev–Trinajstić information content (AvgIpc) is 2.50. The van der Waals surface area contributed by atoms with E-state index >= 15 is 0 Å². The van der Waals surface area contributed by atoms with Crippen LogP contribution in [0.3, 0.4) is 0 Å². The van der Waals surface area contributed by atoms with Crippen molar-refractivity contribution in [1.82, 2.24) is 0 Å².